The number of hydrogen-bond acceptors (Lipinski definition) is 5. The van der Waals surface area contributed by atoms with Crippen LogP contribution in [0.5, 0.6) is 0 Å². The zero-order valence-corrected chi connectivity index (χ0v) is 11.4. The van der Waals surface area contributed by atoms with E-state index in [0.717, 1.165) is 11.3 Å². The minimum atomic E-state index is -0.324. The van der Waals surface area contributed by atoms with Crippen molar-refractivity contribution in [3.8, 4) is 0 Å². The molecule has 2 rings (SSSR count). The van der Waals surface area contributed by atoms with E-state index in [1.54, 1.807) is 10.9 Å². The first kappa shape index (κ1) is 13.3. The molecular formula is C12H18N6O. The van der Waals surface area contributed by atoms with Gasteiger partial charge in [-0.2, -0.15) is 4.98 Å². The Kier molecular flexibility index (Phi) is 3.64. The second-order valence-corrected chi connectivity index (χ2v) is 4.68. The summed E-state index contributed by atoms with van der Waals surface area (Å²) in [5.41, 5.74) is 7.05. The summed E-state index contributed by atoms with van der Waals surface area (Å²) in [4.78, 5) is 15.3. The molecule has 0 spiro atoms. The van der Waals surface area contributed by atoms with Crippen molar-refractivity contribution in [3.63, 3.8) is 0 Å². The van der Waals surface area contributed by atoms with Crippen LogP contribution < -0.4 is 11.4 Å². The van der Waals surface area contributed by atoms with Gasteiger partial charge < -0.3 is 5.73 Å². The van der Waals surface area contributed by atoms with Crippen molar-refractivity contribution in [2.45, 2.75) is 39.8 Å². The normalized spacial score (nSPS) is 11.2. The number of nitrogen functional groups attached to an aromatic ring is 1. The van der Waals surface area contributed by atoms with Crippen molar-refractivity contribution in [2.75, 3.05) is 5.73 Å². The van der Waals surface area contributed by atoms with Gasteiger partial charge in [0.15, 0.2) is 0 Å². The molecule has 0 saturated heterocycles. The highest BCUT2D eigenvalue weighted by atomic mass is 16.1. The molecule has 7 nitrogen and oxygen atoms in total. The Labute approximate surface area is 111 Å². The standard InChI is InChI=1S/C12H18N6O/c1-4-17-6-9(11(13)14-12(17)19)5-10-7-18(8(2)3)16-15-10/h6-8H,4-5H2,1-3H3,(H2,13,14,19). The molecule has 0 radical (unpaired) electrons. The van der Waals surface area contributed by atoms with Gasteiger partial charge in [-0.3, -0.25) is 4.57 Å². The fourth-order valence-electron chi connectivity index (χ4n) is 1.75. The molecule has 0 saturated carbocycles. The van der Waals surface area contributed by atoms with Gasteiger partial charge in [-0.05, 0) is 20.8 Å². The van der Waals surface area contributed by atoms with Gasteiger partial charge in [0.05, 0.1) is 5.69 Å². The molecular weight excluding hydrogens is 244 g/mol. The minimum absolute atomic E-state index is 0.258. The summed E-state index contributed by atoms with van der Waals surface area (Å²) >= 11 is 0. The molecule has 2 N–H and O–H groups in total. The second kappa shape index (κ2) is 5.21. The SMILES string of the molecule is CCn1cc(Cc2cn(C(C)C)nn2)c(N)nc1=O. The molecule has 2 heterocycles. The Morgan fingerprint density at radius 2 is 2.11 bits per heavy atom. The van der Waals surface area contributed by atoms with Gasteiger partial charge in [-0.15, -0.1) is 5.10 Å². The summed E-state index contributed by atoms with van der Waals surface area (Å²) in [7, 11) is 0. The number of rotatable bonds is 4. The molecule has 2 aromatic heterocycles. The fourth-order valence-corrected chi connectivity index (χ4v) is 1.75. The molecule has 0 aromatic carbocycles. The lowest BCUT2D eigenvalue weighted by Crippen LogP contribution is -2.24. The van der Waals surface area contributed by atoms with E-state index in [9.17, 15) is 4.79 Å². The maximum atomic E-state index is 11.5. The number of nitrogens with zero attached hydrogens (tertiary/aromatic N) is 5. The van der Waals surface area contributed by atoms with Gasteiger partial charge in [0.25, 0.3) is 0 Å². The average molecular weight is 262 g/mol. The molecule has 0 fully saturated rings. The number of aromatic nitrogens is 5. The molecule has 0 aliphatic carbocycles. The largest absolute Gasteiger partial charge is 0.383 e. The van der Waals surface area contributed by atoms with Crippen LogP contribution in [0, 0.1) is 0 Å². The van der Waals surface area contributed by atoms with E-state index in [0.29, 0.717) is 13.0 Å². The second-order valence-electron chi connectivity index (χ2n) is 4.68. The average Bonchev–Trinajstić information content (AvgIpc) is 2.81. The Bertz CT molecular complexity index is 627. The van der Waals surface area contributed by atoms with Crippen LogP contribution in [-0.4, -0.2) is 24.5 Å². The molecule has 102 valence electrons. The molecule has 0 aliphatic rings. The third-order valence-corrected chi connectivity index (χ3v) is 2.90. The Hall–Kier alpha value is -2.18. The highest BCUT2D eigenvalue weighted by Gasteiger charge is 2.09. The summed E-state index contributed by atoms with van der Waals surface area (Å²) in [6, 6.07) is 0.265. The van der Waals surface area contributed by atoms with Crippen LogP contribution in [0.1, 0.15) is 38.1 Å². The third kappa shape index (κ3) is 2.81. The maximum absolute atomic E-state index is 11.5. The molecule has 0 unspecified atom stereocenters. The molecule has 2 aromatic rings. The first-order valence-corrected chi connectivity index (χ1v) is 6.27. The maximum Gasteiger partial charge on any atom is 0.349 e. The van der Waals surface area contributed by atoms with Crippen LogP contribution in [-0.2, 0) is 13.0 Å². The zero-order chi connectivity index (χ0) is 14.0. The van der Waals surface area contributed by atoms with Gasteiger partial charge in [-0.25, -0.2) is 9.48 Å². The Balaban J connectivity index is 2.29. The van der Waals surface area contributed by atoms with Crippen molar-refractivity contribution in [3.05, 3.63) is 34.1 Å². The summed E-state index contributed by atoms with van der Waals surface area (Å²) in [6.45, 7) is 6.52. The van der Waals surface area contributed by atoms with Crippen molar-refractivity contribution >= 4 is 5.82 Å². The topological polar surface area (TPSA) is 91.6 Å². The van der Waals surface area contributed by atoms with Gasteiger partial charge >= 0.3 is 5.69 Å². The van der Waals surface area contributed by atoms with Crippen LogP contribution in [0.4, 0.5) is 5.82 Å². The predicted molar refractivity (Wildman–Crippen MR) is 71.8 cm³/mol. The van der Waals surface area contributed by atoms with Gasteiger partial charge in [0, 0.05) is 37.0 Å². The molecule has 7 heteroatoms. The van der Waals surface area contributed by atoms with Crippen molar-refractivity contribution in [1.82, 2.24) is 24.5 Å². The highest BCUT2D eigenvalue weighted by molar-refractivity contribution is 5.39. The lowest BCUT2D eigenvalue weighted by molar-refractivity contribution is 0.514. The minimum Gasteiger partial charge on any atom is -0.383 e. The molecule has 0 bridgehead atoms. The predicted octanol–water partition coefficient (Wildman–Crippen LogP) is 0.609. The van der Waals surface area contributed by atoms with E-state index in [-0.39, 0.29) is 17.5 Å². The van der Waals surface area contributed by atoms with Crippen LogP contribution >= 0.6 is 0 Å². The van der Waals surface area contributed by atoms with Gasteiger partial charge in [0.1, 0.15) is 5.82 Å². The highest BCUT2D eigenvalue weighted by Crippen LogP contribution is 2.12. The zero-order valence-electron chi connectivity index (χ0n) is 11.4. The fraction of sp³-hybridized carbons (Fsp3) is 0.500. The molecule has 19 heavy (non-hydrogen) atoms. The van der Waals surface area contributed by atoms with E-state index >= 15 is 0 Å². The number of hydrogen-bond donors (Lipinski definition) is 1. The van der Waals surface area contributed by atoms with Crippen LogP contribution in [0.25, 0.3) is 0 Å². The first-order chi connectivity index (χ1) is 9.01. The lowest BCUT2D eigenvalue weighted by atomic mass is 10.2. The molecule has 0 aliphatic heterocycles. The van der Waals surface area contributed by atoms with Gasteiger partial charge in [0.2, 0.25) is 0 Å². The van der Waals surface area contributed by atoms with Crippen molar-refractivity contribution < 1.29 is 0 Å². The van der Waals surface area contributed by atoms with E-state index in [1.165, 1.54) is 4.57 Å². The van der Waals surface area contributed by atoms with Crippen molar-refractivity contribution in [1.29, 1.82) is 0 Å². The van der Waals surface area contributed by atoms with Crippen LogP contribution in [0.3, 0.4) is 0 Å². The van der Waals surface area contributed by atoms with E-state index in [2.05, 4.69) is 15.3 Å². The molecule has 0 atom stereocenters. The number of nitrogens with two attached hydrogens (primary N) is 1. The van der Waals surface area contributed by atoms with E-state index in [4.69, 9.17) is 5.73 Å². The summed E-state index contributed by atoms with van der Waals surface area (Å²) < 4.78 is 3.31. The monoisotopic (exact) mass is 262 g/mol. The van der Waals surface area contributed by atoms with Crippen LogP contribution in [0.2, 0.25) is 0 Å². The molecule has 0 amide bonds. The Morgan fingerprint density at radius 3 is 2.68 bits per heavy atom. The van der Waals surface area contributed by atoms with E-state index < -0.39 is 0 Å². The number of aryl methyl sites for hydroxylation is 1. The quantitative estimate of drug-likeness (QED) is 0.871. The third-order valence-electron chi connectivity index (χ3n) is 2.90. The summed E-state index contributed by atoms with van der Waals surface area (Å²) in [5, 5.41) is 8.13. The van der Waals surface area contributed by atoms with Crippen LogP contribution in [0.15, 0.2) is 17.2 Å². The first-order valence-electron chi connectivity index (χ1n) is 6.27. The van der Waals surface area contributed by atoms with E-state index in [1.807, 2.05) is 27.0 Å². The van der Waals surface area contributed by atoms with Crippen molar-refractivity contribution in [2.24, 2.45) is 0 Å². The smallest absolute Gasteiger partial charge is 0.349 e. The number of anilines is 1. The Morgan fingerprint density at radius 1 is 1.37 bits per heavy atom. The summed E-state index contributed by atoms with van der Waals surface area (Å²) in [6.07, 6.45) is 4.14. The summed E-state index contributed by atoms with van der Waals surface area (Å²) in [5.74, 6) is 0.258. The lowest BCUT2D eigenvalue weighted by Gasteiger charge is -2.06. The van der Waals surface area contributed by atoms with Gasteiger partial charge in [-0.1, -0.05) is 5.21 Å².